The number of carbonyl (C=O) groups is 1. The topological polar surface area (TPSA) is 40.5 Å². The van der Waals surface area contributed by atoms with Gasteiger partial charge in [0.15, 0.2) is 0 Å². The minimum absolute atomic E-state index is 0.161. The van der Waals surface area contributed by atoms with Gasteiger partial charge in [0.25, 0.3) is 0 Å². The Morgan fingerprint density at radius 3 is 2.88 bits per heavy atom. The zero-order valence-corrected chi connectivity index (χ0v) is 11.2. The molecule has 0 heterocycles. The second-order valence-electron chi connectivity index (χ2n) is 3.95. The molecule has 3 nitrogen and oxygen atoms in total. The number of hydrogen-bond donors (Lipinski definition) is 1. The maximum atomic E-state index is 13.2. The third kappa shape index (κ3) is 4.83. The van der Waals surface area contributed by atoms with Gasteiger partial charge in [-0.3, -0.25) is 4.79 Å². The normalized spacial score (nSPS) is 10.8. The highest BCUT2D eigenvalue weighted by atomic mass is 79.9. The van der Waals surface area contributed by atoms with Crippen molar-refractivity contribution in [3.8, 4) is 0 Å². The molecule has 0 amide bonds. The lowest BCUT2D eigenvalue weighted by Gasteiger charge is -2.17. The van der Waals surface area contributed by atoms with E-state index in [2.05, 4.69) is 15.9 Å². The first-order valence-electron chi connectivity index (χ1n) is 5.34. The van der Waals surface area contributed by atoms with E-state index in [1.165, 1.54) is 6.07 Å². The highest BCUT2D eigenvalue weighted by molar-refractivity contribution is 9.10. The van der Waals surface area contributed by atoms with Crippen molar-refractivity contribution in [3.05, 3.63) is 34.1 Å². The van der Waals surface area contributed by atoms with Crippen molar-refractivity contribution in [1.82, 2.24) is 4.90 Å². The predicted molar refractivity (Wildman–Crippen MR) is 67.3 cm³/mol. The lowest BCUT2D eigenvalue weighted by molar-refractivity contribution is -0.137. The molecule has 0 aliphatic rings. The van der Waals surface area contributed by atoms with Crippen LogP contribution >= 0.6 is 15.9 Å². The molecule has 94 valence electrons. The van der Waals surface area contributed by atoms with Crippen LogP contribution < -0.4 is 0 Å². The Morgan fingerprint density at radius 2 is 2.24 bits per heavy atom. The Kier molecular flexibility index (Phi) is 5.58. The van der Waals surface area contributed by atoms with E-state index in [4.69, 9.17) is 5.11 Å². The van der Waals surface area contributed by atoms with Crippen molar-refractivity contribution >= 4 is 21.9 Å². The van der Waals surface area contributed by atoms with Gasteiger partial charge in [0, 0.05) is 13.0 Å². The molecule has 0 saturated heterocycles. The molecule has 0 aliphatic heterocycles. The number of rotatable bonds is 6. The van der Waals surface area contributed by atoms with E-state index in [1.807, 2.05) is 18.0 Å². The molecule has 1 aromatic rings. The third-order valence-electron chi connectivity index (χ3n) is 2.40. The molecule has 0 fully saturated rings. The zero-order valence-electron chi connectivity index (χ0n) is 9.62. The lowest BCUT2D eigenvalue weighted by atomic mass is 10.2. The molecular formula is C12H15BrFNO2. The average molecular weight is 304 g/mol. The first-order valence-corrected chi connectivity index (χ1v) is 6.13. The van der Waals surface area contributed by atoms with Crippen molar-refractivity contribution < 1.29 is 14.3 Å². The zero-order chi connectivity index (χ0) is 12.8. The van der Waals surface area contributed by atoms with Crippen molar-refractivity contribution in [2.45, 2.75) is 19.4 Å². The van der Waals surface area contributed by atoms with Crippen LogP contribution in [-0.2, 0) is 11.3 Å². The van der Waals surface area contributed by atoms with Crippen LogP contribution in [0.15, 0.2) is 22.7 Å². The molecule has 0 spiro atoms. The Balaban J connectivity index is 2.47. The molecule has 0 aliphatic carbocycles. The fraction of sp³-hybridized carbons (Fsp3) is 0.417. The number of aliphatic carboxylic acids is 1. The van der Waals surface area contributed by atoms with Gasteiger partial charge in [-0.2, -0.15) is 0 Å². The number of hydrogen-bond acceptors (Lipinski definition) is 2. The Morgan fingerprint density at radius 1 is 1.53 bits per heavy atom. The maximum Gasteiger partial charge on any atom is 0.303 e. The molecule has 1 N–H and O–H groups in total. The second-order valence-corrected chi connectivity index (χ2v) is 4.74. The largest absolute Gasteiger partial charge is 0.481 e. The number of carboxylic acid groups (broad SMARTS) is 1. The minimum Gasteiger partial charge on any atom is -0.481 e. The number of benzene rings is 1. The van der Waals surface area contributed by atoms with Crippen molar-refractivity contribution in [2.75, 3.05) is 13.6 Å². The van der Waals surface area contributed by atoms with Crippen LogP contribution in [-0.4, -0.2) is 29.6 Å². The summed E-state index contributed by atoms with van der Waals surface area (Å²) < 4.78 is 13.7. The maximum absolute atomic E-state index is 13.2. The van der Waals surface area contributed by atoms with Gasteiger partial charge in [0.2, 0.25) is 0 Å². The summed E-state index contributed by atoms with van der Waals surface area (Å²) in [4.78, 5) is 12.3. The van der Waals surface area contributed by atoms with E-state index in [0.717, 1.165) is 5.56 Å². The summed E-state index contributed by atoms with van der Waals surface area (Å²) in [7, 11) is 1.89. The Labute approximate surface area is 108 Å². The highest BCUT2D eigenvalue weighted by Gasteiger charge is 2.08. The van der Waals surface area contributed by atoms with Gasteiger partial charge in [-0.1, -0.05) is 12.1 Å². The van der Waals surface area contributed by atoms with E-state index >= 15 is 0 Å². The molecule has 5 heteroatoms. The van der Waals surface area contributed by atoms with Crippen molar-refractivity contribution in [3.63, 3.8) is 0 Å². The smallest absolute Gasteiger partial charge is 0.303 e. The molecule has 0 radical (unpaired) electrons. The van der Waals surface area contributed by atoms with Gasteiger partial charge in [-0.15, -0.1) is 0 Å². The molecule has 1 rings (SSSR count). The summed E-state index contributed by atoms with van der Waals surface area (Å²) in [5, 5.41) is 8.52. The van der Waals surface area contributed by atoms with Gasteiger partial charge in [-0.05, 0) is 47.6 Å². The monoisotopic (exact) mass is 303 g/mol. The van der Waals surface area contributed by atoms with Crippen LogP contribution in [0.5, 0.6) is 0 Å². The number of halogens is 2. The summed E-state index contributed by atoms with van der Waals surface area (Å²) in [6.45, 7) is 1.27. The molecule has 0 unspecified atom stereocenters. The third-order valence-corrected chi connectivity index (χ3v) is 3.29. The molecule has 0 saturated carbocycles. The van der Waals surface area contributed by atoms with E-state index in [9.17, 15) is 9.18 Å². The SMILES string of the molecule is CN(CCCC(=O)O)Cc1cccc(F)c1Br. The van der Waals surface area contributed by atoms with E-state index in [1.54, 1.807) is 6.07 Å². The standard InChI is InChI=1S/C12H15BrFNO2/c1-15(7-3-6-11(16)17)8-9-4-2-5-10(14)12(9)13/h2,4-5H,3,6-8H2,1H3,(H,16,17). The van der Waals surface area contributed by atoms with Crippen molar-refractivity contribution in [1.29, 1.82) is 0 Å². The minimum atomic E-state index is -0.787. The highest BCUT2D eigenvalue weighted by Crippen LogP contribution is 2.21. The van der Waals surface area contributed by atoms with Gasteiger partial charge in [0.05, 0.1) is 4.47 Å². The predicted octanol–water partition coefficient (Wildman–Crippen LogP) is 2.88. The summed E-state index contributed by atoms with van der Waals surface area (Å²) >= 11 is 3.20. The molecule has 17 heavy (non-hydrogen) atoms. The number of carboxylic acids is 1. The Bertz CT molecular complexity index is 398. The van der Waals surface area contributed by atoms with E-state index < -0.39 is 5.97 Å². The quantitative estimate of drug-likeness (QED) is 0.878. The summed E-state index contributed by atoms with van der Waals surface area (Å²) in [5.41, 5.74) is 0.864. The van der Waals surface area contributed by atoms with Gasteiger partial charge in [0.1, 0.15) is 5.82 Å². The molecule has 0 bridgehead atoms. The Hall–Kier alpha value is -0.940. The molecule has 0 aromatic heterocycles. The second kappa shape index (κ2) is 6.71. The first-order chi connectivity index (χ1) is 8.00. The number of nitrogens with zero attached hydrogens (tertiary/aromatic N) is 1. The molecule has 0 atom stereocenters. The van der Waals surface area contributed by atoms with E-state index in [-0.39, 0.29) is 12.2 Å². The van der Waals surface area contributed by atoms with Crippen LogP contribution in [0.1, 0.15) is 18.4 Å². The van der Waals surface area contributed by atoms with Crippen LogP contribution in [0.3, 0.4) is 0 Å². The van der Waals surface area contributed by atoms with Crippen LogP contribution in [0, 0.1) is 5.82 Å². The first kappa shape index (κ1) is 14.1. The van der Waals surface area contributed by atoms with Gasteiger partial charge in [-0.25, -0.2) is 4.39 Å². The molecular weight excluding hydrogens is 289 g/mol. The summed E-state index contributed by atoms with van der Waals surface area (Å²) in [5.74, 6) is -1.06. The average Bonchev–Trinajstić information content (AvgIpc) is 2.24. The fourth-order valence-electron chi connectivity index (χ4n) is 1.54. The van der Waals surface area contributed by atoms with Gasteiger partial charge < -0.3 is 10.0 Å². The van der Waals surface area contributed by atoms with Crippen LogP contribution in [0.25, 0.3) is 0 Å². The van der Waals surface area contributed by atoms with Crippen LogP contribution in [0.2, 0.25) is 0 Å². The van der Waals surface area contributed by atoms with Crippen molar-refractivity contribution in [2.24, 2.45) is 0 Å². The van der Waals surface area contributed by atoms with E-state index in [0.29, 0.717) is 24.0 Å². The van der Waals surface area contributed by atoms with Crippen LogP contribution in [0.4, 0.5) is 4.39 Å². The summed E-state index contributed by atoms with van der Waals surface area (Å²) in [6.07, 6.45) is 0.757. The lowest BCUT2D eigenvalue weighted by Crippen LogP contribution is -2.20. The molecule has 1 aromatic carbocycles. The fourth-order valence-corrected chi connectivity index (χ4v) is 1.93. The summed E-state index contributed by atoms with van der Waals surface area (Å²) in [6, 6.07) is 4.92. The van der Waals surface area contributed by atoms with Gasteiger partial charge >= 0.3 is 5.97 Å².